The van der Waals surface area contributed by atoms with Crippen molar-refractivity contribution in [2.24, 2.45) is 17.6 Å². The Morgan fingerprint density at radius 3 is 2.59 bits per heavy atom. The lowest BCUT2D eigenvalue weighted by atomic mass is 9.70. The largest absolute Gasteiger partial charge is 0.329 e. The van der Waals surface area contributed by atoms with Gasteiger partial charge in [0.15, 0.2) is 0 Å². The Bertz CT molecular complexity index is 253. The van der Waals surface area contributed by atoms with Crippen LogP contribution in [0, 0.1) is 11.8 Å². The third kappa shape index (κ3) is 2.66. The predicted molar refractivity (Wildman–Crippen MR) is 77.5 cm³/mol. The smallest absolute Gasteiger partial charge is 0.0334 e. The number of hydrogen-bond donors (Lipinski definition) is 1. The normalized spacial score (nSPS) is 43.2. The molecule has 2 aliphatic rings. The molecule has 2 rings (SSSR count). The first-order chi connectivity index (χ1) is 8.09. The van der Waals surface area contributed by atoms with Gasteiger partial charge in [-0.3, -0.25) is 4.90 Å². The highest BCUT2D eigenvalue weighted by Gasteiger charge is 2.42. The van der Waals surface area contributed by atoms with Gasteiger partial charge in [-0.1, -0.05) is 13.8 Å². The van der Waals surface area contributed by atoms with Crippen LogP contribution in [0.4, 0.5) is 0 Å². The van der Waals surface area contributed by atoms with Gasteiger partial charge in [0.2, 0.25) is 0 Å². The van der Waals surface area contributed by atoms with E-state index in [-0.39, 0.29) is 0 Å². The standard InChI is InChI=1S/C14H28N2S/c1-11-4-6-14(10-15,8-12(11)2)16(3)13-5-7-17-9-13/h11-13H,4-10,15H2,1-3H3. The van der Waals surface area contributed by atoms with Crippen LogP contribution in [0.25, 0.3) is 0 Å². The number of likely N-dealkylation sites (N-methyl/N-ethyl adjacent to an activating group) is 1. The maximum absolute atomic E-state index is 6.17. The number of thioether (sulfide) groups is 1. The molecule has 1 aliphatic heterocycles. The van der Waals surface area contributed by atoms with Gasteiger partial charge in [-0.25, -0.2) is 0 Å². The Kier molecular flexibility index (Phi) is 4.43. The molecule has 4 unspecified atom stereocenters. The van der Waals surface area contributed by atoms with Crippen LogP contribution in [-0.4, -0.2) is 41.6 Å². The Morgan fingerprint density at radius 1 is 1.29 bits per heavy atom. The van der Waals surface area contributed by atoms with E-state index in [0.29, 0.717) is 5.54 Å². The maximum Gasteiger partial charge on any atom is 0.0334 e. The Labute approximate surface area is 111 Å². The van der Waals surface area contributed by atoms with Crippen molar-refractivity contribution >= 4 is 11.8 Å². The summed E-state index contributed by atoms with van der Waals surface area (Å²) in [7, 11) is 2.33. The molecule has 0 bridgehead atoms. The second-order valence-corrected chi connectivity index (χ2v) is 7.40. The molecule has 4 atom stereocenters. The van der Waals surface area contributed by atoms with Crippen LogP contribution in [0.1, 0.15) is 39.5 Å². The molecule has 0 spiro atoms. The van der Waals surface area contributed by atoms with Gasteiger partial charge >= 0.3 is 0 Å². The van der Waals surface area contributed by atoms with Gasteiger partial charge in [0.05, 0.1) is 0 Å². The first-order valence-corrected chi connectivity index (χ1v) is 8.25. The molecule has 2 fully saturated rings. The van der Waals surface area contributed by atoms with Gasteiger partial charge in [-0.15, -0.1) is 0 Å². The zero-order valence-electron chi connectivity index (χ0n) is 11.6. The number of nitrogens with zero attached hydrogens (tertiary/aromatic N) is 1. The SMILES string of the molecule is CC1CCC(CN)(N(C)C2CCSC2)CC1C. The molecular formula is C14H28N2S. The summed E-state index contributed by atoms with van der Waals surface area (Å²) >= 11 is 2.10. The van der Waals surface area contributed by atoms with Crippen molar-refractivity contribution in [1.29, 1.82) is 0 Å². The van der Waals surface area contributed by atoms with Crippen molar-refractivity contribution < 1.29 is 0 Å². The van der Waals surface area contributed by atoms with Gasteiger partial charge in [-0.2, -0.15) is 11.8 Å². The van der Waals surface area contributed by atoms with Gasteiger partial charge < -0.3 is 5.73 Å². The second kappa shape index (κ2) is 5.50. The molecule has 1 saturated heterocycles. The summed E-state index contributed by atoms with van der Waals surface area (Å²) in [5, 5.41) is 0. The van der Waals surface area contributed by atoms with Crippen LogP contribution in [0.5, 0.6) is 0 Å². The number of rotatable bonds is 3. The summed E-state index contributed by atoms with van der Waals surface area (Å²) in [6.45, 7) is 5.64. The molecule has 3 heteroatoms. The lowest BCUT2D eigenvalue weighted by Crippen LogP contribution is -2.58. The van der Waals surface area contributed by atoms with Crippen molar-refractivity contribution in [3.8, 4) is 0 Å². The third-order valence-electron chi connectivity index (χ3n) is 5.32. The van der Waals surface area contributed by atoms with E-state index < -0.39 is 0 Å². The Balaban J connectivity index is 2.07. The molecule has 100 valence electrons. The quantitative estimate of drug-likeness (QED) is 0.841. The number of nitrogens with two attached hydrogens (primary N) is 1. The molecule has 0 amide bonds. The molecule has 1 aliphatic carbocycles. The summed E-state index contributed by atoms with van der Waals surface area (Å²) in [5.74, 6) is 4.34. The molecule has 0 radical (unpaired) electrons. The average molecular weight is 256 g/mol. The first-order valence-electron chi connectivity index (χ1n) is 7.10. The van der Waals surface area contributed by atoms with Gasteiger partial charge in [0, 0.05) is 23.9 Å². The van der Waals surface area contributed by atoms with Crippen molar-refractivity contribution in [3.05, 3.63) is 0 Å². The van der Waals surface area contributed by atoms with Crippen molar-refractivity contribution in [3.63, 3.8) is 0 Å². The van der Waals surface area contributed by atoms with Crippen LogP contribution in [0.3, 0.4) is 0 Å². The lowest BCUT2D eigenvalue weighted by molar-refractivity contribution is 0.0175. The van der Waals surface area contributed by atoms with E-state index in [1.807, 2.05) is 0 Å². The van der Waals surface area contributed by atoms with E-state index in [1.54, 1.807) is 0 Å². The molecule has 2 nitrogen and oxygen atoms in total. The zero-order valence-corrected chi connectivity index (χ0v) is 12.4. The molecule has 0 aromatic heterocycles. The van der Waals surface area contributed by atoms with E-state index in [0.717, 1.165) is 24.4 Å². The fourth-order valence-electron chi connectivity index (χ4n) is 3.55. The van der Waals surface area contributed by atoms with E-state index in [4.69, 9.17) is 5.73 Å². The van der Waals surface area contributed by atoms with E-state index in [1.165, 1.54) is 37.2 Å². The molecule has 0 aromatic carbocycles. The molecule has 0 aromatic rings. The highest BCUT2D eigenvalue weighted by Crippen LogP contribution is 2.41. The van der Waals surface area contributed by atoms with Crippen molar-refractivity contribution in [2.45, 2.75) is 51.1 Å². The summed E-state index contributed by atoms with van der Waals surface area (Å²) in [6, 6.07) is 0.768. The van der Waals surface area contributed by atoms with Crippen molar-refractivity contribution in [1.82, 2.24) is 4.90 Å². The van der Waals surface area contributed by atoms with Crippen LogP contribution >= 0.6 is 11.8 Å². The summed E-state index contributed by atoms with van der Waals surface area (Å²) < 4.78 is 0. The van der Waals surface area contributed by atoms with Gasteiger partial charge in [-0.05, 0) is 50.3 Å². The number of hydrogen-bond acceptors (Lipinski definition) is 3. The minimum atomic E-state index is 0.293. The zero-order chi connectivity index (χ0) is 12.5. The molecule has 1 heterocycles. The van der Waals surface area contributed by atoms with Gasteiger partial charge in [0.1, 0.15) is 0 Å². The Morgan fingerprint density at radius 2 is 2.06 bits per heavy atom. The lowest BCUT2D eigenvalue weighted by Gasteiger charge is -2.50. The maximum atomic E-state index is 6.17. The topological polar surface area (TPSA) is 29.3 Å². The monoisotopic (exact) mass is 256 g/mol. The highest BCUT2D eigenvalue weighted by atomic mass is 32.2. The minimum Gasteiger partial charge on any atom is -0.329 e. The van der Waals surface area contributed by atoms with Crippen LogP contribution < -0.4 is 5.73 Å². The average Bonchev–Trinajstić information content (AvgIpc) is 2.85. The van der Waals surface area contributed by atoms with Crippen LogP contribution in [0.15, 0.2) is 0 Å². The summed E-state index contributed by atoms with van der Waals surface area (Å²) in [4.78, 5) is 2.65. The molecular weight excluding hydrogens is 228 g/mol. The van der Waals surface area contributed by atoms with E-state index in [9.17, 15) is 0 Å². The Hall–Kier alpha value is 0.270. The fraction of sp³-hybridized carbons (Fsp3) is 1.00. The van der Waals surface area contributed by atoms with Gasteiger partial charge in [0.25, 0.3) is 0 Å². The third-order valence-corrected chi connectivity index (χ3v) is 6.46. The van der Waals surface area contributed by atoms with Crippen molar-refractivity contribution in [2.75, 3.05) is 25.1 Å². The molecule has 2 N–H and O–H groups in total. The fourth-order valence-corrected chi connectivity index (χ4v) is 4.82. The van der Waals surface area contributed by atoms with E-state index >= 15 is 0 Å². The second-order valence-electron chi connectivity index (χ2n) is 6.25. The highest BCUT2D eigenvalue weighted by molar-refractivity contribution is 7.99. The molecule has 17 heavy (non-hydrogen) atoms. The van der Waals surface area contributed by atoms with E-state index in [2.05, 4.69) is 37.6 Å². The summed E-state index contributed by atoms with van der Waals surface area (Å²) in [6.07, 6.45) is 5.30. The predicted octanol–water partition coefficient (Wildman–Crippen LogP) is 2.58. The molecule has 1 saturated carbocycles. The van der Waals surface area contributed by atoms with Crippen LogP contribution in [0.2, 0.25) is 0 Å². The summed E-state index contributed by atoms with van der Waals surface area (Å²) in [5.41, 5.74) is 6.46. The first kappa shape index (κ1) is 13.7. The minimum absolute atomic E-state index is 0.293. The van der Waals surface area contributed by atoms with Crippen LogP contribution in [-0.2, 0) is 0 Å².